The number of methoxy groups -OCH3 is 2. The first-order valence-corrected chi connectivity index (χ1v) is 13.0. The number of nitrogens with zero attached hydrogens (tertiary/aromatic N) is 2. The number of nitrogens with one attached hydrogen (secondary N) is 1. The Bertz CT molecular complexity index is 1580. The normalized spacial score (nSPS) is 21.7. The molecule has 0 amide bonds. The molecular formula is C29H26ClN3O7. The second kappa shape index (κ2) is 10.8. The molecule has 6 rings (SSSR count). The van der Waals surface area contributed by atoms with Crippen LogP contribution in [0, 0.1) is 0 Å². The standard InChI is InChI=1S/C29H26ClN3O7/c1-36-23-10-18-21(11-24(23)37-2)31-14-32-28(18)33-15-7-8-22(20(30)9-15)40-25-13-39-26-19(12-38-27(25)26)16-5-3-4-6-17(16)29(34)35/h3-11,14,19,25-27H,12-13H2,1-2H3,(H,34,35)(H,31,32,33)/t19-,25+,26-,27+/m1/s1. The Labute approximate surface area is 234 Å². The van der Waals surface area contributed by atoms with Crippen molar-refractivity contribution in [2.45, 2.75) is 24.2 Å². The van der Waals surface area contributed by atoms with Gasteiger partial charge in [-0.15, -0.1) is 0 Å². The van der Waals surface area contributed by atoms with E-state index in [1.807, 2.05) is 24.3 Å². The van der Waals surface area contributed by atoms with E-state index >= 15 is 0 Å². The summed E-state index contributed by atoms with van der Waals surface area (Å²) in [6.45, 7) is 0.648. The van der Waals surface area contributed by atoms with Gasteiger partial charge in [0, 0.05) is 23.1 Å². The van der Waals surface area contributed by atoms with Crippen molar-refractivity contribution in [2.24, 2.45) is 0 Å². The minimum atomic E-state index is -0.973. The number of rotatable bonds is 8. The van der Waals surface area contributed by atoms with Gasteiger partial charge in [-0.2, -0.15) is 0 Å². The summed E-state index contributed by atoms with van der Waals surface area (Å²) in [5.74, 6) is 1.03. The molecule has 3 heterocycles. The maximum atomic E-state index is 11.7. The van der Waals surface area contributed by atoms with Crippen molar-refractivity contribution < 1.29 is 33.6 Å². The Hall–Kier alpha value is -4.12. The number of ether oxygens (including phenoxy) is 5. The fourth-order valence-corrected chi connectivity index (χ4v) is 5.53. The van der Waals surface area contributed by atoms with Crippen LogP contribution in [0.2, 0.25) is 5.02 Å². The van der Waals surface area contributed by atoms with Gasteiger partial charge in [-0.1, -0.05) is 29.8 Å². The summed E-state index contributed by atoms with van der Waals surface area (Å²) in [6, 6.07) is 15.9. The lowest BCUT2D eigenvalue weighted by Crippen LogP contribution is -2.33. The van der Waals surface area contributed by atoms with Crippen LogP contribution in [0.4, 0.5) is 11.5 Å². The van der Waals surface area contributed by atoms with Crippen LogP contribution in [0.5, 0.6) is 17.2 Å². The third-order valence-corrected chi connectivity index (χ3v) is 7.51. The van der Waals surface area contributed by atoms with Gasteiger partial charge in [0.1, 0.15) is 24.0 Å². The average molecular weight is 564 g/mol. The third kappa shape index (κ3) is 4.74. The van der Waals surface area contributed by atoms with E-state index in [1.165, 1.54) is 6.33 Å². The highest BCUT2D eigenvalue weighted by Gasteiger charge is 2.50. The molecule has 2 fully saturated rings. The van der Waals surface area contributed by atoms with E-state index in [1.54, 1.807) is 44.6 Å². The molecule has 40 heavy (non-hydrogen) atoms. The third-order valence-electron chi connectivity index (χ3n) is 7.21. The van der Waals surface area contributed by atoms with Gasteiger partial charge in [-0.05, 0) is 35.9 Å². The van der Waals surface area contributed by atoms with Crippen LogP contribution in [0.1, 0.15) is 21.8 Å². The van der Waals surface area contributed by atoms with E-state index in [0.717, 1.165) is 5.39 Å². The molecule has 0 unspecified atom stereocenters. The Kier molecular flexibility index (Phi) is 7.05. The molecule has 4 atom stereocenters. The SMILES string of the molecule is COc1cc2ncnc(Nc3ccc(O[C@H]4CO[C@H]5[C@H]4OC[C@@H]5c4ccccc4C(=O)O)c(Cl)c3)c2cc1OC. The minimum absolute atomic E-state index is 0.200. The molecule has 206 valence electrons. The van der Waals surface area contributed by atoms with E-state index in [2.05, 4.69) is 15.3 Å². The van der Waals surface area contributed by atoms with Gasteiger partial charge in [-0.3, -0.25) is 0 Å². The van der Waals surface area contributed by atoms with E-state index in [-0.39, 0.29) is 23.7 Å². The highest BCUT2D eigenvalue weighted by Crippen LogP contribution is 2.41. The van der Waals surface area contributed by atoms with Crippen molar-refractivity contribution in [3.63, 3.8) is 0 Å². The predicted molar refractivity (Wildman–Crippen MR) is 147 cm³/mol. The molecule has 2 N–H and O–H groups in total. The fourth-order valence-electron chi connectivity index (χ4n) is 5.30. The van der Waals surface area contributed by atoms with Crippen molar-refractivity contribution in [1.29, 1.82) is 0 Å². The molecule has 10 nitrogen and oxygen atoms in total. The summed E-state index contributed by atoms with van der Waals surface area (Å²) in [5.41, 5.74) is 2.35. The maximum absolute atomic E-state index is 11.7. The van der Waals surface area contributed by atoms with Crippen molar-refractivity contribution in [3.05, 3.63) is 77.1 Å². The Morgan fingerprint density at radius 3 is 2.52 bits per heavy atom. The summed E-state index contributed by atoms with van der Waals surface area (Å²) >= 11 is 6.62. The summed E-state index contributed by atoms with van der Waals surface area (Å²) < 4.78 is 29.1. The quantitative estimate of drug-likeness (QED) is 0.300. The van der Waals surface area contributed by atoms with Crippen LogP contribution in [0.3, 0.4) is 0 Å². The number of hydrogen-bond acceptors (Lipinski definition) is 9. The number of carbonyl (C=O) groups is 1. The molecule has 0 radical (unpaired) electrons. The number of hydrogen-bond donors (Lipinski definition) is 2. The monoisotopic (exact) mass is 563 g/mol. The van der Waals surface area contributed by atoms with Crippen molar-refractivity contribution >= 4 is 40.0 Å². The molecule has 1 aromatic heterocycles. The Balaban J connectivity index is 1.18. The van der Waals surface area contributed by atoms with Gasteiger partial charge >= 0.3 is 5.97 Å². The van der Waals surface area contributed by atoms with Gasteiger partial charge in [0.25, 0.3) is 0 Å². The lowest BCUT2D eigenvalue weighted by molar-refractivity contribution is 0.0305. The highest BCUT2D eigenvalue weighted by atomic mass is 35.5. The van der Waals surface area contributed by atoms with Gasteiger partial charge in [0.05, 0.1) is 49.6 Å². The molecule has 4 aromatic rings. The second-order valence-corrected chi connectivity index (χ2v) is 9.88. The van der Waals surface area contributed by atoms with E-state index in [0.29, 0.717) is 58.1 Å². The summed E-state index contributed by atoms with van der Waals surface area (Å²) in [4.78, 5) is 20.5. The Morgan fingerprint density at radius 2 is 1.75 bits per heavy atom. The molecule has 2 aliphatic rings. The van der Waals surface area contributed by atoms with Crippen LogP contribution in [0.25, 0.3) is 10.9 Å². The van der Waals surface area contributed by atoms with Gasteiger partial charge in [0.15, 0.2) is 17.6 Å². The number of carboxylic acids is 1. The largest absolute Gasteiger partial charge is 0.493 e. The Morgan fingerprint density at radius 1 is 0.975 bits per heavy atom. The highest BCUT2D eigenvalue weighted by molar-refractivity contribution is 6.32. The number of carboxylic acid groups (broad SMARTS) is 1. The number of fused-ring (bicyclic) bond motifs is 2. The fraction of sp³-hybridized carbons (Fsp3) is 0.276. The molecule has 2 aliphatic heterocycles. The van der Waals surface area contributed by atoms with Crippen LogP contribution in [-0.4, -0.2) is 66.8 Å². The maximum Gasteiger partial charge on any atom is 0.335 e. The van der Waals surface area contributed by atoms with Gasteiger partial charge in [0.2, 0.25) is 0 Å². The van der Waals surface area contributed by atoms with Crippen LogP contribution < -0.4 is 19.5 Å². The molecule has 0 saturated carbocycles. The van der Waals surface area contributed by atoms with Gasteiger partial charge in [-0.25, -0.2) is 14.8 Å². The molecule has 3 aromatic carbocycles. The molecule has 0 aliphatic carbocycles. The van der Waals surface area contributed by atoms with Crippen molar-refractivity contribution in [1.82, 2.24) is 9.97 Å². The van der Waals surface area contributed by atoms with E-state index in [9.17, 15) is 9.90 Å². The van der Waals surface area contributed by atoms with Crippen molar-refractivity contribution in [3.8, 4) is 17.2 Å². The van der Waals surface area contributed by atoms with Crippen LogP contribution >= 0.6 is 11.6 Å². The number of anilines is 2. The lowest BCUT2D eigenvalue weighted by Gasteiger charge is -2.20. The molecule has 11 heteroatoms. The van der Waals surface area contributed by atoms with Crippen LogP contribution in [-0.2, 0) is 9.47 Å². The number of aromatic nitrogens is 2. The molecule has 0 bridgehead atoms. The number of aromatic carboxylic acids is 1. The number of halogens is 1. The topological polar surface area (TPSA) is 121 Å². The summed E-state index contributed by atoms with van der Waals surface area (Å²) in [7, 11) is 3.14. The first-order chi connectivity index (χ1) is 19.5. The van der Waals surface area contributed by atoms with E-state index in [4.69, 9.17) is 35.3 Å². The zero-order valence-corrected chi connectivity index (χ0v) is 22.4. The van der Waals surface area contributed by atoms with Crippen molar-refractivity contribution in [2.75, 3.05) is 32.8 Å². The molecular weight excluding hydrogens is 538 g/mol. The zero-order valence-electron chi connectivity index (χ0n) is 21.7. The lowest BCUT2D eigenvalue weighted by atomic mass is 9.89. The smallest absolute Gasteiger partial charge is 0.335 e. The first-order valence-electron chi connectivity index (χ1n) is 12.6. The molecule has 2 saturated heterocycles. The van der Waals surface area contributed by atoms with E-state index < -0.39 is 12.1 Å². The minimum Gasteiger partial charge on any atom is -0.493 e. The number of benzene rings is 3. The summed E-state index contributed by atoms with van der Waals surface area (Å²) in [5, 5.41) is 14.1. The second-order valence-electron chi connectivity index (χ2n) is 9.47. The van der Waals surface area contributed by atoms with Crippen LogP contribution in [0.15, 0.2) is 60.9 Å². The molecule has 0 spiro atoms. The predicted octanol–water partition coefficient (Wildman–Crippen LogP) is 5.07. The average Bonchev–Trinajstić information content (AvgIpc) is 3.56. The zero-order chi connectivity index (χ0) is 27.8. The first kappa shape index (κ1) is 26.1. The van der Waals surface area contributed by atoms with Gasteiger partial charge < -0.3 is 34.1 Å². The summed E-state index contributed by atoms with van der Waals surface area (Å²) in [6.07, 6.45) is 0.416.